The fourth-order valence-electron chi connectivity index (χ4n) is 1.88. The average Bonchev–Trinajstić information content (AvgIpc) is 2.73. The standard InChI is InChI=1S/C13H26N4/c1-5-7-14-13(11-16(3)4)12-9-15-17(10-12)8-6-2/h9-10,13-14H,5-8,11H2,1-4H3. The van der Waals surface area contributed by atoms with E-state index in [-0.39, 0.29) is 0 Å². The van der Waals surface area contributed by atoms with Gasteiger partial charge < -0.3 is 10.2 Å². The Bertz CT molecular complexity index is 306. The van der Waals surface area contributed by atoms with Crippen LogP contribution < -0.4 is 5.32 Å². The number of nitrogens with one attached hydrogen (secondary N) is 1. The van der Waals surface area contributed by atoms with E-state index in [1.54, 1.807) is 0 Å². The van der Waals surface area contributed by atoms with Gasteiger partial charge in [-0.15, -0.1) is 0 Å². The molecule has 0 amide bonds. The Labute approximate surface area is 105 Å². The van der Waals surface area contributed by atoms with E-state index in [2.05, 4.69) is 49.5 Å². The van der Waals surface area contributed by atoms with Crippen molar-refractivity contribution in [3.05, 3.63) is 18.0 Å². The van der Waals surface area contributed by atoms with E-state index in [4.69, 9.17) is 0 Å². The molecule has 17 heavy (non-hydrogen) atoms. The maximum Gasteiger partial charge on any atom is 0.0538 e. The van der Waals surface area contributed by atoms with Crippen molar-refractivity contribution in [1.29, 1.82) is 0 Å². The summed E-state index contributed by atoms with van der Waals surface area (Å²) in [6.07, 6.45) is 6.45. The van der Waals surface area contributed by atoms with Crippen molar-refractivity contribution < 1.29 is 0 Å². The minimum Gasteiger partial charge on any atom is -0.309 e. The topological polar surface area (TPSA) is 33.1 Å². The van der Waals surface area contributed by atoms with Gasteiger partial charge in [-0.1, -0.05) is 13.8 Å². The lowest BCUT2D eigenvalue weighted by molar-refractivity contribution is 0.342. The fraction of sp³-hybridized carbons (Fsp3) is 0.769. The monoisotopic (exact) mass is 238 g/mol. The number of hydrogen-bond donors (Lipinski definition) is 1. The van der Waals surface area contributed by atoms with E-state index in [1.807, 2.05) is 10.9 Å². The second-order valence-electron chi connectivity index (χ2n) is 4.81. The Balaban J connectivity index is 2.65. The lowest BCUT2D eigenvalue weighted by atomic mass is 10.1. The molecule has 0 radical (unpaired) electrons. The Morgan fingerprint density at radius 2 is 2.12 bits per heavy atom. The zero-order valence-electron chi connectivity index (χ0n) is 11.6. The molecule has 1 heterocycles. The molecular weight excluding hydrogens is 212 g/mol. The van der Waals surface area contributed by atoms with Crippen LogP contribution in [0.25, 0.3) is 0 Å². The van der Waals surface area contributed by atoms with Crippen molar-refractivity contribution in [3.63, 3.8) is 0 Å². The summed E-state index contributed by atoms with van der Waals surface area (Å²) >= 11 is 0. The Kier molecular flexibility index (Phi) is 6.22. The van der Waals surface area contributed by atoms with Gasteiger partial charge in [0.1, 0.15) is 0 Å². The summed E-state index contributed by atoms with van der Waals surface area (Å²) in [5.41, 5.74) is 1.29. The molecule has 0 aromatic carbocycles. The van der Waals surface area contributed by atoms with Crippen LogP contribution in [0.1, 0.15) is 38.3 Å². The number of rotatable bonds is 8. The number of aromatic nitrogens is 2. The summed E-state index contributed by atoms with van der Waals surface area (Å²) in [5, 5.41) is 7.98. The summed E-state index contributed by atoms with van der Waals surface area (Å²) in [6.45, 7) is 7.44. The molecule has 0 saturated carbocycles. The van der Waals surface area contributed by atoms with Crippen molar-refractivity contribution in [2.45, 2.75) is 39.3 Å². The van der Waals surface area contributed by atoms with Crippen LogP contribution in [0.2, 0.25) is 0 Å². The molecule has 0 aliphatic rings. The van der Waals surface area contributed by atoms with Gasteiger partial charge >= 0.3 is 0 Å². The third-order valence-corrected chi connectivity index (χ3v) is 2.70. The van der Waals surface area contributed by atoms with Crippen LogP contribution in [-0.2, 0) is 6.54 Å². The molecule has 1 N–H and O–H groups in total. The van der Waals surface area contributed by atoms with Gasteiger partial charge in [0.15, 0.2) is 0 Å². The smallest absolute Gasteiger partial charge is 0.0538 e. The van der Waals surface area contributed by atoms with Crippen LogP contribution in [-0.4, -0.2) is 41.9 Å². The molecule has 1 atom stereocenters. The average molecular weight is 238 g/mol. The zero-order valence-corrected chi connectivity index (χ0v) is 11.6. The normalized spacial score (nSPS) is 13.2. The molecule has 4 nitrogen and oxygen atoms in total. The van der Waals surface area contributed by atoms with Crippen molar-refractivity contribution >= 4 is 0 Å². The largest absolute Gasteiger partial charge is 0.309 e. The minimum absolute atomic E-state index is 0.385. The first-order valence-electron chi connectivity index (χ1n) is 6.57. The second kappa shape index (κ2) is 7.45. The molecule has 0 spiro atoms. The number of likely N-dealkylation sites (N-methyl/N-ethyl adjacent to an activating group) is 1. The maximum absolute atomic E-state index is 4.40. The number of nitrogens with zero attached hydrogens (tertiary/aromatic N) is 3. The molecule has 1 unspecified atom stereocenters. The van der Waals surface area contributed by atoms with E-state index < -0.39 is 0 Å². The summed E-state index contributed by atoms with van der Waals surface area (Å²) in [5.74, 6) is 0. The first kappa shape index (κ1) is 14.2. The fourth-order valence-corrected chi connectivity index (χ4v) is 1.88. The van der Waals surface area contributed by atoms with Gasteiger partial charge in [0.05, 0.1) is 6.20 Å². The van der Waals surface area contributed by atoms with Gasteiger partial charge in [-0.05, 0) is 33.5 Å². The molecule has 0 fully saturated rings. The molecule has 1 aromatic rings. The Morgan fingerprint density at radius 3 is 2.71 bits per heavy atom. The predicted octanol–water partition coefficient (Wildman–Crippen LogP) is 1.90. The highest BCUT2D eigenvalue weighted by Crippen LogP contribution is 2.13. The van der Waals surface area contributed by atoms with E-state index in [9.17, 15) is 0 Å². The van der Waals surface area contributed by atoms with E-state index >= 15 is 0 Å². The second-order valence-corrected chi connectivity index (χ2v) is 4.81. The van der Waals surface area contributed by atoms with Gasteiger partial charge in [0.2, 0.25) is 0 Å². The molecule has 1 aromatic heterocycles. The van der Waals surface area contributed by atoms with Gasteiger partial charge in [0.25, 0.3) is 0 Å². The van der Waals surface area contributed by atoms with Crippen LogP contribution in [0.5, 0.6) is 0 Å². The summed E-state index contributed by atoms with van der Waals surface area (Å²) in [4.78, 5) is 2.21. The highest BCUT2D eigenvalue weighted by Gasteiger charge is 2.13. The van der Waals surface area contributed by atoms with Gasteiger partial charge in [-0.3, -0.25) is 4.68 Å². The molecule has 0 aliphatic heterocycles. The highest BCUT2D eigenvalue weighted by molar-refractivity contribution is 5.11. The lowest BCUT2D eigenvalue weighted by Crippen LogP contribution is -2.31. The maximum atomic E-state index is 4.40. The van der Waals surface area contributed by atoms with Crippen LogP contribution in [0.15, 0.2) is 12.4 Å². The summed E-state index contributed by atoms with van der Waals surface area (Å²) in [7, 11) is 4.22. The van der Waals surface area contributed by atoms with E-state index in [0.717, 1.165) is 32.5 Å². The quantitative estimate of drug-likeness (QED) is 0.751. The van der Waals surface area contributed by atoms with Gasteiger partial charge in [-0.2, -0.15) is 5.10 Å². The molecule has 4 heteroatoms. The Morgan fingerprint density at radius 1 is 1.35 bits per heavy atom. The van der Waals surface area contributed by atoms with Gasteiger partial charge in [-0.25, -0.2) is 0 Å². The van der Waals surface area contributed by atoms with Crippen molar-refractivity contribution in [2.75, 3.05) is 27.2 Å². The number of aryl methyl sites for hydroxylation is 1. The van der Waals surface area contributed by atoms with E-state index in [1.165, 1.54) is 5.56 Å². The van der Waals surface area contributed by atoms with E-state index in [0.29, 0.717) is 6.04 Å². The van der Waals surface area contributed by atoms with Crippen molar-refractivity contribution in [2.24, 2.45) is 0 Å². The zero-order chi connectivity index (χ0) is 12.7. The SMILES string of the molecule is CCCNC(CN(C)C)c1cnn(CCC)c1. The Hall–Kier alpha value is -0.870. The third-order valence-electron chi connectivity index (χ3n) is 2.70. The van der Waals surface area contributed by atoms with Gasteiger partial charge in [0, 0.05) is 30.9 Å². The molecule has 0 bridgehead atoms. The molecule has 0 saturated heterocycles. The van der Waals surface area contributed by atoms with Crippen molar-refractivity contribution in [3.8, 4) is 0 Å². The van der Waals surface area contributed by atoms with Crippen molar-refractivity contribution in [1.82, 2.24) is 20.0 Å². The highest BCUT2D eigenvalue weighted by atomic mass is 15.3. The first-order valence-corrected chi connectivity index (χ1v) is 6.57. The first-order chi connectivity index (χ1) is 8.17. The molecule has 1 rings (SSSR count). The lowest BCUT2D eigenvalue weighted by Gasteiger charge is -2.21. The molecule has 98 valence electrons. The third kappa shape index (κ3) is 4.88. The van der Waals surface area contributed by atoms with Crippen LogP contribution in [0.4, 0.5) is 0 Å². The predicted molar refractivity (Wildman–Crippen MR) is 72.1 cm³/mol. The minimum atomic E-state index is 0.385. The summed E-state index contributed by atoms with van der Waals surface area (Å²) in [6, 6.07) is 0.385. The number of hydrogen-bond acceptors (Lipinski definition) is 3. The van der Waals surface area contributed by atoms with Crippen LogP contribution in [0.3, 0.4) is 0 Å². The van der Waals surface area contributed by atoms with Crippen LogP contribution in [0, 0.1) is 0 Å². The molecule has 0 aliphatic carbocycles. The van der Waals surface area contributed by atoms with Crippen LogP contribution >= 0.6 is 0 Å². The summed E-state index contributed by atoms with van der Waals surface area (Å²) < 4.78 is 2.03. The molecular formula is C13H26N4.